The first-order valence-corrected chi connectivity index (χ1v) is 6.54. The van der Waals surface area contributed by atoms with Crippen LogP contribution in [0.2, 0.25) is 0 Å². The van der Waals surface area contributed by atoms with Gasteiger partial charge in [0.2, 0.25) is 6.84 Å². The van der Waals surface area contributed by atoms with Crippen LogP contribution >= 0.6 is 63.7 Å². The highest BCUT2D eigenvalue weighted by atomic mass is 79.9. The molecule has 2 aliphatic rings. The van der Waals surface area contributed by atoms with E-state index in [1.807, 2.05) is 13.8 Å². The smallest absolute Gasteiger partial charge is 0.204 e. The van der Waals surface area contributed by atoms with E-state index in [1.165, 1.54) is 0 Å². The molecule has 72 valence electrons. The van der Waals surface area contributed by atoms with Gasteiger partial charge in [0.1, 0.15) is 12.2 Å². The summed E-state index contributed by atoms with van der Waals surface area (Å²) in [6, 6.07) is 0. The summed E-state index contributed by atoms with van der Waals surface area (Å²) in [4.78, 5) is 0. The molecule has 0 radical (unpaired) electrons. The van der Waals surface area contributed by atoms with Gasteiger partial charge in [0.25, 0.3) is 0 Å². The third kappa shape index (κ3) is 3.53. The maximum atomic E-state index is 4.94. The Bertz CT molecular complexity index is 162. The molecule has 2 saturated heterocycles. The molecule has 0 amide bonds. The molecule has 0 aromatic rings. The predicted octanol–water partition coefficient (Wildman–Crippen LogP) is 3.70. The maximum absolute atomic E-state index is 4.94. The summed E-state index contributed by atoms with van der Waals surface area (Å²) in [5.74, 6) is 0. The number of hydrogen-bond acceptors (Lipinski definition) is 2. The largest absolute Gasteiger partial charge is 0.343 e. The van der Waals surface area contributed by atoms with E-state index >= 15 is 0 Å². The van der Waals surface area contributed by atoms with Crippen LogP contribution in [-0.4, -0.2) is 19.0 Å². The van der Waals surface area contributed by atoms with Gasteiger partial charge >= 0.3 is 0 Å². The van der Waals surface area contributed by atoms with E-state index < -0.39 is 0 Å². The molecule has 2 aliphatic heterocycles. The van der Waals surface area contributed by atoms with Gasteiger partial charge in [-0.2, -0.15) is 0 Å². The predicted molar refractivity (Wildman–Crippen MR) is 62.3 cm³/mol. The third-order valence-electron chi connectivity index (χ3n) is 1.50. The zero-order chi connectivity index (χ0) is 9.57. The topological polar surface area (TPSA) is 25.1 Å². The van der Waals surface area contributed by atoms with Crippen molar-refractivity contribution >= 4 is 63.7 Å². The molecule has 0 spiro atoms. The Kier molecular flexibility index (Phi) is 3.75. The monoisotopic (exact) mass is 428 g/mol. The van der Waals surface area contributed by atoms with Crippen LogP contribution in [0.25, 0.3) is 0 Å². The summed E-state index contributed by atoms with van der Waals surface area (Å²) in [7, 11) is 0. The van der Waals surface area contributed by atoms with Gasteiger partial charge in [-0.15, -0.1) is 0 Å². The molecule has 2 fully saturated rings. The lowest BCUT2D eigenvalue weighted by atomic mass is 10.6. The minimum absolute atomic E-state index is 0.167. The van der Waals surface area contributed by atoms with Crippen LogP contribution in [0, 0.1) is 0 Å². The third-order valence-corrected chi connectivity index (χ3v) is 4.83. The fraction of sp³-hybridized carbons (Fsp3) is 1.00. The first kappa shape index (κ1) is 11.9. The van der Waals surface area contributed by atoms with Gasteiger partial charge in [0.05, 0.1) is 0 Å². The minimum Gasteiger partial charge on any atom is -0.343 e. The standard InChI is InChI=1S/2C3H4Br2O/c2*1-2-3(4,5)6-2/h2*2H,1H3. The highest BCUT2D eigenvalue weighted by Gasteiger charge is 2.49. The summed E-state index contributed by atoms with van der Waals surface area (Å²) in [6.45, 7) is 3.98. The normalized spacial score (nSPS) is 39.5. The summed E-state index contributed by atoms with van der Waals surface area (Å²) >= 11 is 13.0. The molecule has 2 nitrogen and oxygen atoms in total. The molecular formula is C6H8Br4O2. The van der Waals surface area contributed by atoms with Gasteiger partial charge < -0.3 is 9.47 Å². The molecular weight excluding hydrogens is 424 g/mol. The van der Waals surface area contributed by atoms with Crippen LogP contribution in [0.15, 0.2) is 0 Å². The van der Waals surface area contributed by atoms with Gasteiger partial charge in [-0.25, -0.2) is 0 Å². The van der Waals surface area contributed by atoms with Crippen LogP contribution in [0.5, 0.6) is 0 Å². The van der Waals surface area contributed by atoms with E-state index in [2.05, 4.69) is 63.7 Å². The molecule has 0 N–H and O–H groups in total. The van der Waals surface area contributed by atoms with E-state index in [9.17, 15) is 0 Å². The molecule has 2 rings (SSSR count). The Hall–Kier alpha value is 1.84. The second-order valence-corrected chi connectivity index (χ2v) is 9.48. The summed E-state index contributed by atoms with van der Waals surface area (Å²) in [6.07, 6.45) is 0.662. The Balaban J connectivity index is 0.000000120. The van der Waals surface area contributed by atoms with Crippen molar-refractivity contribution in [2.75, 3.05) is 0 Å². The Morgan fingerprint density at radius 2 is 0.917 bits per heavy atom. The van der Waals surface area contributed by atoms with Crippen molar-refractivity contribution in [3.05, 3.63) is 0 Å². The van der Waals surface area contributed by atoms with Gasteiger partial charge in [-0.1, -0.05) is 0 Å². The lowest BCUT2D eigenvalue weighted by Crippen LogP contribution is -1.84. The second-order valence-electron chi connectivity index (χ2n) is 2.64. The molecule has 6 heteroatoms. The van der Waals surface area contributed by atoms with Crippen molar-refractivity contribution in [3.63, 3.8) is 0 Å². The SMILES string of the molecule is CC1OC1(Br)Br.CC1OC1(Br)Br. The Morgan fingerprint density at radius 3 is 0.917 bits per heavy atom. The van der Waals surface area contributed by atoms with Crippen molar-refractivity contribution in [2.45, 2.75) is 32.9 Å². The van der Waals surface area contributed by atoms with Crippen LogP contribution in [0.1, 0.15) is 13.8 Å². The highest BCUT2D eigenvalue weighted by Crippen LogP contribution is 2.48. The lowest BCUT2D eigenvalue weighted by molar-refractivity contribution is 0.408. The summed E-state index contributed by atoms with van der Waals surface area (Å²) in [5.41, 5.74) is 0. The summed E-state index contributed by atoms with van der Waals surface area (Å²) in [5, 5.41) is 0. The second kappa shape index (κ2) is 3.77. The molecule has 2 atom stereocenters. The zero-order valence-electron chi connectivity index (χ0n) is 6.48. The number of ether oxygens (including phenoxy) is 2. The number of halogens is 4. The van der Waals surface area contributed by atoms with Crippen molar-refractivity contribution in [3.8, 4) is 0 Å². The molecule has 0 aromatic heterocycles. The number of epoxide rings is 2. The van der Waals surface area contributed by atoms with E-state index in [-0.39, 0.29) is 6.84 Å². The van der Waals surface area contributed by atoms with E-state index in [1.54, 1.807) is 0 Å². The minimum atomic E-state index is -0.167. The zero-order valence-corrected chi connectivity index (χ0v) is 12.8. The highest BCUT2D eigenvalue weighted by molar-refractivity contribution is 9.25. The Morgan fingerprint density at radius 1 is 0.833 bits per heavy atom. The average Bonchev–Trinajstić information content (AvgIpc) is 2.54. The van der Waals surface area contributed by atoms with Gasteiger partial charge in [0.15, 0.2) is 0 Å². The van der Waals surface area contributed by atoms with E-state index in [4.69, 9.17) is 9.47 Å². The molecule has 2 heterocycles. The van der Waals surface area contributed by atoms with E-state index in [0.29, 0.717) is 12.2 Å². The van der Waals surface area contributed by atoms with Crippen molar-refractivity contribution in [1.82, 2.24) is 0 Å². The number of hydrogen-bond donors (Lipinski definition) is 0. The molecule has 12 heavy (non-hydrogen) atoms. The van der Waals surface area contributed by atoms with E-state index in [0.717, 1.165) is 0 Å². The van der Waals surface area contributed by atoms with Gasteiger partial charge in [0, 0.05) is 0 Å². The Labute approximate surface area is 105 Å². The average molecular weight is 432 g/mol. The number of alkyl halides is 4. The van der Waals surface area contributed by atoms with Gasteiger partial charge in [-0.05, 0) is 77.6 Å². The molecule has 0 bridgehead atoms. The molecule has 0 saturated carbocycles. The quantitative estimate of drug-likeness (QED) is 0.432. The molecule has 2 unspecified atom stereocenters. The lowest BCUT2D eigenvalue weighted by Gasteiger charge is -1.78. The fourth-order valence-electron chi connectivity index (χ4n) is 0.403. The molecule has 0 aliphatic carbocycles. The van der Waals surface area contributed by atoms with Gasteiger partial charge in [-0.3, -0.25) is 0 Å². The van der Waals surface area contributed by atoms with Crippen LogP contribution in [-0.2, 0) is 9.47 Å². The van der Waals surface area contributed by atoms with Crippen LogP contribution in [0.4, 0.5) is 0 Å². The number of rotatable bonds is 0. The van der Waals surface area contributed by atoms with Crippen molar-refractivity contribution in [2.24, 2.45) is 0 Å². The maximum Gasteiger partial charge on any atom is 0.204 e. The first-order chi connectivity index (χ1) is 5.26. The molecule has 0 aromatic carbocycles. The van der Waals surface area contributed by atoms with Crippen LogP contribution < -0.4 is 0 Å². The van der Waals surface area contributed by atoms with Crippen molar-refractivity contribution < 1.29 is 9.47 Å². The van der Waals surface area contributed by atoms with Crippen LogP contribution in [0.3, 0.4) is 0 Å². The first-order valence-electron chi connectivity index (χ1n) is 3.37. The fourth-order valence-corrected chi connectivity index (χ4v) is 1.52. The summed E-state index contributed by atoms with van der Waals surface area (Å²) < 4.78 is 9.54. The van der Waals surface area contributed by atoms with Crippen molar-refractivity contribution in [1.29, 1.82) is 0 Å².